The maximum atomic E-state index is 13.3. The molecule has 1 amide bonds. The molecule has 1 aliphatic rings. The van der Waals surface area contributed by atoms with Crippen molar-refractivity contribution in [3.63, 3.8) is 0 Å². The van der Waals surface area contributed by atoms with Crippen LogP contribution in [0.3, 0.4) is 0 Å². The maximum absolute atomic E-state index is 13.3. The van der Waals surface area contributed by atoms with Crippen molar-refractivity contribution in [2.45, 2.75) is 45.7 Å². The van der Waals surface area contributed by atoms with Crippen molar-refractivity contribution in [1.29, 1.82) is 0 Å². The fraction of sp³-hybridized carbons (Fsp3) is 0.333. The van der Waals surface area contributed by atoms with E-state index in [1.54, 1.807) is 12.1 Å². The molecule has 2 aromatic carbocycles. The molecular formula is C21H21F3N2O3. The Morgan fingerprint density at radius 2 is 1.79 bits per heavy atom. The second-order valence-electron chi connectivity index (χ2n) is 7.18. The average molecular weight is 406 g/mol. The number of halogens is 3. The number of nitrogens with zero attached hydrogens (tertiary/aromatic N) is 2. The Morgan fingerprint density at radius 1 is 1.14 bits per heavy atom. The summed E-state index contributed by atoms with van der Waals surface area (Å²) in [5, 5.41) is 13.8. The predicted molar refractivity (Wildman–Crippen MR) is 102 cm³/mol. The van der Waals surface area contributed by atoms with Gasteiger partial charge < -0.3 is 9.84 Å². The van der Waals surface area contributed by atoms with E-state index in [2.05, 4.69) is 5.10 Å². The summed E-state index contributed by atoms with van der Waals surface area (Å²) in [6.07, 6.45) is -5.80. The van der Waals surface area contributed by atoms with E-state index in [-0.39, 0.29) is 22.9 Å². The van der Waals surface area contributed by atoms with Crippen LogP contribution >= 0.6 is 0 Å². The van der Waals surface area contributed by atoms with Gasteiger partial charge in [0.2, 0.25) is 0 Å². The second-order valence-corrected chi connectivity index (χ2v) is 7.18. The lowest BCUT2D eigenvalue weighted by atomic mass is 10.1. The number of carbonyl (C=O) groups excluding carboxylic acids is 1. The van der Waals surface area contributed by atoms with Crippen molar-refractivity contribution in [2.75, 3.05) is 0 Å². The molecule has 8 heteroatoms. The zero-order chi connectivity index (χ0) is 21.4. The molecule has 29 heavy (non-hydrogen) atoms. The number of hydrazone groups is 1. The van der Waals surface area contributed by atoms with Crippen molar-refractivity contribution < 1.29 is 27.8 Å². The van der Waals surface area contributed by atoms with Crippen molar-refractivity contribution in [3.05, 3.63) is 64.7 Å². The van der Waals surface area contributed by atoms with Gasteiger partial charge in [-0.1, -0.05) is 18.2 Å². The van der Waals surface area contributed by atoms with Gasteiger partial charge in [0, 0.05) is 17.7 Å². The van der Waals surface area contributed by atoms with E-state index in [1.807, 2.05) is 32.0 Å². The molecule has 0 saturated heterocycles. The van der Waals surface area contributed by atoms with Crippen LogP contribution in [0.1, 0.15) is 40.4 Å². The Labute approximate surface area is 166 Å². The smallest absolute Gasteiger partial charge is 0.438 e. The number of benzene rings is 2. The third-order valence-electron chi connectivity index (χ3n) is 4.85. The van der Waals surface area contributed by atoms with Crippen LogP contribution < -0.4 is 4.74 Å². The highest BCUT2D eigenvalue weighted by Crippen LogP contribution is 2.40. The molecule has 2 aromatic rings. The molecule has 5 nitrogen and oxygen atoms in total. The number of ether oxygens (including phenoxy) is 1. The Morgan fingerprint density at radius 3 is 2.38 bits per heavy atom. The van der Waals surface area contributed by atoms with Gasteiger partial charge in [-0.2, -0.15) is 23.3 Å². The third kappa shape index (κ3) is 4.12. The minimum absolute atomic E-state index is 0.0129. The van der Waals surface area contributed by atoms with E-state index in [0.29, 0.717) is 5.75 Å². The molecular weight excluding hydrogens is 385 g/mol. The van der Waals surface area contributed by atoms with Crippen LogP contribution in [0.5, 0.6) is 5.75 Å². The van der Waals surface area contributed by atoms with E-state index in [9.17, 15) is 23.1 Å². The first kappa shape index (κ1) is 20.9. The summed E-state index contributed by atoms with van der Waals surface area (Å²) in [5.41, 5.74) is -0.329. The van der Waals surface area contributed by atoms with Crippen molar-refractivity contribution in [3.8, 4) is 5.75 Å². The summed E-state index contributed by atoms with van der Waals surface area (Å²) in [6, 6.07) is 11.7. The molecule has 0 aromatic heterocycles. The van der Waals surface area contributed by atoms with Crippen molar-refractivity contribution in [1.82, 2.24) is 5.01 Å². The number of amides is 1. The van der Waals surface area contributed by atoms with E-state index >= 15 is 0 Å². The predicted octanol–water partition coefficient (Wildman–Crippen LogP) is 4.36. The van der Waals surface area contributed by atoms with E-state index < -0.39 is 24.2 Å². The lowest BCUT2D eigenvalue weighted by molar-refractivity contribution is -0.297. The summed E-state index contributed by atoms with van der Waals surface area (Å²) in [4.78, 5) is 12.5. The molecule has 0 aliphatic carbocycles. The lowest BCUT2D eigenvalue weighted by Crippen LogP contribution is -2.56. The van der Waals surface area contributed by atoms with Gasteiger partial charge in [-0.3, -0.25) is 4.79 Å². The number of hydrogen-bond acceptors (Lipinski definition) is 4. The SMILES string of the molecule is CC1=NN(C(=O)c2ccc(COc3ccc(C)c(C)c3)cc2)[C@](O)(C(F)(F)F)C1. The van der Waals surface area contributed by atoms with Gasteiger partial charge >= 0.3 is 6.18 Å². The van der Waals surface area contributed by atoms with Gasteiger partial charge in [0.25, 0.3) is 11.6 Å². The topological polar surface area (TPSA) is 62.1 Å². The van der Waals surface area contributed by atoms with Crippen LogP contribution in [0.15, 0.2) is 47.6 Å². The Balaban J connectivity index is 1.72. The van der Waals surface area contributed by atoms with Crippen LogP contribution in [-0.2, 0) is 6.61 Å². The molecule has 1 N–H and O–H groups in total. The highest BCUT2D eigenvalue weighted by atomic mass is 19.4. The van der Waals surface area contributed by atoms with Gasteiger partial charge in [-0.05, 0) is 61.7 Å². The van der Waals surface area contributed by atoms with E-state index in [1.165, 1.54) is 19.1 Å². The van der Waals surface area contributed by atoms with Crippen LogP contribution in [0, 0.1) is 13.8 Å². The summed E-state index contributed by atoms with van der Waals surface area (Å²) in [5.74, 6) is -0.325. The molecule has 1 aliphatic heterocycles. The first-order chi connectivity index (χ1) is 13.5. The van der Waals surface area contributed by atoms with Crippen LogP contribution in [0.25, 0.3) is 0 Å². The minimum Gasteiger partial charge on any atom is -0.489 e. The molecule has 0 radical (unpaired) electrons. The highest BCUT2D eigenvalue weighted by Gasteiger charge is 2.62. The van der Waals surface area contributed by atoms with E-state index in [4.69, 9.17) is 4.74 Å². The van der Waals surface area contributed by atoms with Gasteiger partial charge in [0.15, 0.2) is 0 Å². The van der Waals surface area contributed by atoms with Crippen LogP contribution in [-0.4, -0.2) is 33.6 Å². The maximum Gasteiger partial charge on any atom is 0.438 e. The van der Waals surface area contributed by atoms with E-state index in [0.717, 1.165) is 16.7 Å². The van der Waals surface area contributed by atoms with Gasteiger partial charge in [0.05, 0.1) is 0 Å². The number of aliphatic hydroxyl groups is 1. The monoisotopic (exact) mass is 406 g/mol. The number of alkyl halides is 3. The van der Waals surface area contributed by atoms with Crippen LogP contribution in [0.2, 0.25) is 0 Å². The lowest BCUT2D eigenvalue weighted by Gasteiger charge is -2.32. The largest absolute Gasteiger partial charge is 0.489 e. The minimum atomic E-state index is -5.02. The highest BCUT2D eigenvalue weighted by molar-refractivity contribution is 5.97. The fourth-order valence-electron chi connectivity index (χ4n) is 2.99. The van der Waals surface area contributed by atoms with Gasteiger partial charge in [-0.25, -0.2) is 0 Å². The molecule has 0 bridgehead atoms. The molecule has 0 fully saturated rings. The fourth-order valence-corrected chi connectivity index (χ4v) is 2.99. The Hall–Kier alpha value is -2.87. The zero-order valence-corrected chi connectivity index (χ0v) is 16.2. The molecule has 0 spiro atoms. The van der Waals surface area contributed by atoms with Crippen LogP contribution in [0.4, 0.5) is 13.2 Å². The molecule has 0 saturated carbocycles. The van der Waals surface area contributed by atoms with Crippen molar-refractivity contribution in [2.24, 2.45) is 5.10 Å². The molecule has 3 rings (SSSR count). The summed E-state index contributed by atoms with van der Waals surface area (Å²) >= 11 is 0. The summed E-state index contributed by atoms with van der Waals surface area (Å²) < 4.78 is 45.6. The first-order valence-corrected chi connectivity index (χ1v) is 8.98. The number of carbonyl (C=O) groups is 1. The molecule has 0 unspecified atom stereocenters. The zero-order valence-electron chi connectivity index (χ0n) is 16.2. The molecule has 1 atom stereocenters. The first-order valence-electron chi connectivity index (χ1n) is 8.98. The quantitative estimate of drug-likeness (QED) is 0.821. The van der Waals surface area contributed by atoms with Crippen molar-refractivity contribution >= 4 is 11.6 Å². The third-order valence-corrected chi connectivity index (χ3v) is 4.85. The summed E-state index contributed by atoms with van der Waals surface area (Å²) in [7, 11) is 0. The van der Waals surface area contributed by atoms with Gasteiger partial charge in [0.1, 0.15) is 12.4 Å². The number of rotatable bonds is 4. The second kappa shape index (κ2) is 7.51. The Kier molecular flexibility index (Phi) is 5.40. The summed E-state index contributed by atoms with van der Waals surface area (Å²) in [6.45, 7) is 5.55. The van der Waals surface area contributed by atoms with Gasteiger partial charge in [-0.15, -0.1) is 0 Å². The number of aryl methyl sites for hydroxylation is 2. The molecule has 154 valence electrons. The standard InChI is InChI=1S/C21H21F3N2O3/c1-13-4-9-18(10-14(13)2)29-12-16-5-7-17(8-6-16)19(27)26-20(28,21(22,23)24)11-15(3)25-26/h4-10,28H,11-12H2,1-3H3/t20-/m1/s1. The normalized spacial score (nSPS) is 19.3. The average Bonchev–Trinajstić information content (AvgIpc) is 2.98. The molecule has 1 heterocycles. The Bertz CT molecular complexity index is 955. The number of hydrogen-bond donors (Lipinski definition) is 1.